The van der Waals surface area contributed by atoms with E-state index in [1.807, 2.05) is 0 Å². The fraction of sp³-hybridized carbons (Fsp3) is 0. The van der Waals surface area contributed by atoms with Gasteiger partial charge in [0.15, 0.2) is 5.75 Å². The number of hydrogen-bond acceptors (Lipinski definition) is 16. The number of hydrogen-bond donors (Lipinski definition) is 7. The lowest BCUT2D eigenvalue weighted by Crippen LogP contribution is -2.01. The molecule has 0 bridgehead atoms. The minimum atomic E-state index is -4.82. The standard InChI is InChI=1S/C34H29N13O4S/c35-19-2-13-27(25(37)16-19)44-40-21-4-6-23(7-5-21)42-46-29-12-1-18-15-30(52(49,50)51)33(32(39)31(18)34(29)48)47-43-24-10-8-22(9-11-24)41-45-28-14-3-20(36)17-26(28)38/h1-17,48H,35-39H2,(H,49,50,51). The molecular weight excluding hydrogens is 687 g/mol. The third-order valence-corrected chi connectivity index (χ3v) is 8.27. The predicted molar refractivity (Wildman–Crippen MR) is 200 cm³/mol. The van der Waals surface area contributed by atoms with Crippen molar-refractivity contribution < 1.29 is 18.1 Å². The molecule has 0 saturated carbocycles. The number of phenolic OH excluding ortho intramolecular Hbond substituents is 1. The third-order valence-electron chi connectivity index (χ3n) is 7.40. The highest BCUT2D eigenvalue weighted by atomic mass is 32.2. The lowest BCUT2D eigenvalue weighted by molar-refractivity contribution is 0.481. The van der Waals surface area contributed by atoms with Gasteiger partial charge in [-0.05, 0) is 102 Å². The molecule has 260 valence electrons. The van der Waals surface area contributed by atoms with Crippen LogP contribution in [-0.2, 0) is 10.1 Å². The first-order valence-corrected chi connectivity index (χ1v) is 16.5. The molecule has 18 heteroatoms. The summed E-state index contributed by atoms with van der Waals surface area (Å²) in [5.41, 5.74) is 33.4. The molecule has 0 radical (unpaired) electrons. The lowest BCUT2D eigenvalue weighted by atomic mass is 10.1. The summed E-state index contributed by atoms with van der Waals surface area (Å²) in [5, 5.41) is 44.4. The number of nitrogen functional groups attached to an aromatic ring is 5. The number of benzene rings is 6. The fourth-order valence-corrected chi connectivity index (χ4v) is 5.45. The van der Waals surface area contributed by atoms with E-state index in [-0.39, 0.29) is 22.1 Å². The maximum atomic E-state index is 12.4. The Bertz CT molecular complexity index is 2560. The van der Waals surface area contributed by atoms with Crippen molar-refractivity contribution in [2.75, 3.05) is 28.7 Å². The maximum Gasteiger partial charge on any atom is 0.296 e. The van der Waals surface area contributed by atoms with E-state index >= 15 is 0 Å². The molecule has 0 aromatic heterocycles. The molecule has 0 unspecified atom stereocenters. The van der Waals surface area contributed by atoms with Crippen LogP contribution < -0.4 is 28.7 Å². The molecule has 0 heterocycles. The Kier molecular flexibility index (Phi) is 9.48. The lowest BCUT2D eigenvalue weighted by Gasteiger charge is -2.12. The summed E-state index contributed by atoms with van der Waals surface area (Å²) >= 11 is 0. The van der Waals surface area contributed by atoms with Crippen LogP contribution in [0.15, 0.2) is 149 Å². The van der Waals surface area contributed by atoms with Crippen molar-refractivity contribution >= 4 is 94.8 Å². The molecule has 0 fully saturated rings. The van der Waals surface area contributed by atoms with Crippen LogP contribution in [0, 0.1) is 0 Å². The van der Waals surface area contributed by atoms with Crippen LogP contribution in [0.4, 0.5) is 73.9 Å². The summed E-state index contributed by atoms with van der Waals surface area (Å²) in [7, 11) is -4.82. The molecular formula is C34H29N13O4S. The van der Waals surface area contributed by atoms with Crippen LogP contribution in [0.1, 0.15) is 0 Å². The molecule has 6 aromatic rings. The highest BCUT2D eigenvalue weighted by molar-refractivity contribution is 7.86. The molecule has 0 aliphatic rings. The zero-order chi connectivity index (χ0) is 37.0. The molecule has 0 amide bonds. The summed E-state index contributed by atoms with van der Waals surface area (Å²) in [6.45, 7) is 0. The summed E-state index contributed by atoms with van der Waals surface area (Å²) in [6, 6.07) is 26.7. The Morgan fingerprint density at radius 1 is 0.481 bits per heavy atom. The second-order valence-corrected chi connectivity index (χ2v) is 12.5. The van der Waals surface area contributed by atoms with Crippen molar-refractivity contribution in [3.63, 3.8) is 0 Å². The minimum Gasteiger partial charge on any atom is -0.505 e. The van der Waals surface area contributed by atoms with Gasteiger partial charge in [0.1, 0.15) is 27.6 Å². The van der Waals surface area contributed by atoms with E-state index in [0.717, 1.165) is 6.07 Å². The van der Waals surface area contributed by atoms with Gasteiger partial charge in [0.2, 0.25) is 0 Å². The topological polar surface area (TPSA) is 304 Å². The number of rotatable bonds is 9. The second-order valence-electron chi connectivity index (χ2n) is 11.1. The van der Waals surface area contributed by atoms with E-state index in [1.165, 1.54) is 12.1 Å². The first kappa shape index (κ1) is 34.5. The van der Waals surface area contributed by atoms with Crippen molar-refractivity contribution in [3.05, 3.63) is 103 Å². The highest BCUT2D eigenvalue weighted by Crippen LogP contribution is 2.45. The van der Waals surface area contributed by atoms with Gasteiger partial charge in [-0.15, -0.1) is 20.5 Å². The van der Waals surface area contributed by atoms with E-state index in [9.17, 15) is 18.1 Å². The number of anilines is 5. The van der Waals surface area contributed by atoms with Gasteiger partial charge in [0, 0.05) is 11.4 Å². The Balaban J connectivity index is 1.25. The number of nitrogens with zero attached hydrogens (tertiary/aromatic N) is 8. The summed E-state index contributed by atoms with van der Waals surface area (Å²) in [5.74, 6) is -0.403. The van der Waals surface area contributed by atoms with Crippen LogP contribution in [0.3, 0.4) is 0 Å². The van der Waals surface area contributed by atoms with E-state index in [2.05, 4.69) is 40.9 Å². The van der Waals surface area contributed by atoms with E-state index in [4.69, 9.17) is 28.7 Å². The van der Waals surface area contributed by atoms with Crippen molar-refractivity contribution in [2.24, 2.45) is 40.9 Å². The third kappa shape index (κ3) is 7.77. The molecule has 0 spiro atoms. The largest absolute Gasteiger partial charge is 0.505 e. The van der Waals surface area contributed by atoms with E-state index in [1.54, 1.807) is 84.9 Å². The van der Waals surface area contributed by atoms with Gasteiger partial charge in [-0.2, -0.15) is 28.9 Å². The molecule has 0 atom stereocenters. The molecule has 0 saturated heterocycles. The molecule has 0 aliphatic carbocycles. The van der Waals surface area contributed by atoms with Crippen LogP contribution in [-0.4, -0.2) is 18.1 Å². The zero-order valence-electron chi connectivity index (χ0n) is 26.9. The van der Waals surface area contributed by atoms with Gasteiger partial charge in [-0.1, -0.05) is 6.07 Å². The Labute approximate surface area is 295 Å². The highest BCUT2D eigenvalue weighted by Gasteiger charge is 2.23. The van der Waals surface area contributed by atoms with Crippen LogP contribution in [0.2, 0.25) is 0 Å². The molecule has 6 rings (SSSR count). The fourth-order valence-electron chi connectivity index (χ4n) is 4.78. The van der Waals surface area contributed by atoms with Crippen molar-refractivity contribution in [2.45, 2.75) is 4.90 Å². The zero-order valence-corrected chi connectivity index (χ0v) is 27.7. The predicted octanol–water partition coefficient (Wildman–Crippen LogP) is 9.36. The monoisotopic (exact) mass is 715 g/mol. The molecule has 6 aromatic carbocycles. The molecule has 12 N–H and O–H groups in total. The van der Waals surface area contributed by atoms with Gasteiger partial charge in [0.05, 0.1) is 45.2 Å². The SMILES string of the molecule is Nc1ccc(N=Nc2ccc(N=Nc3ccc4cc(S(=O)(=O)O)c(N=Nc5ccc(N=Nc6ccc(N)cc6N)cc5)c(N)c4c3O)cc2)c(N)c1. The van der Waals surface area contributed by atoms with Crippen LogP contribution in [0.25, 0.3) is 10.8 Å². The Hall–Kier alpha value is -7.31. The first-order chi connectivity index (χ1) is 24.9. The van der Waals surface area contributed by atoms with Gasteiger partial charge in [-0.3, -0.25) is 4.55 Å². The molecule has 52 heavy (non-hydrogen) atoms. The van der Waals surface area contributed by atoms with Crippen molar-refractivity contribution in [1.82, 2.24) is 0 Å². The van der Waals surface area contributed by atoms with Gasteiger partial charge in [-0.25, -0.2) is 0 Å². The average molecular weight is 716 g/mol. The van der Waals surface area contributed by atoms with E-state index in [0.29, 0.717) is 56.9 Å². The average Bonchev–Trinajstić information content (AvgIpc) is 3.10. The first-order valence-electron chi connectivity index (χ1n) is 15.1. The van der Waals surface area contributed by atoms with Gasteiger partial charge >= 0.3 is 0 Å². The molecule has 0 aliphatic heterocycles. The van der Waals surface area contributed by atoms with Crippen LogP contribution in [0.5, 0.6) is 5.75 Å². The Morgan fingerprint density at radius 3 is 1.31 bits per heavy atom. The minimum absolute atomic E-state index is 0.0215. The number of aromatic hydroxyl groups is 1. The van der Waals surface area contributed by atoms with E-state index < -0.39 is 26.5 Å². The maximum absolute atomic E-state index is 12.4. The number of phenols is 1. The quantitative estimate of drug-likeness (QED) is 0.0425. The number of nitrogens with two attached hydrogens (primary N) is 5. The number of azo groups is 4. The number of fused-ring (bicyclic) bond motifs is 1. The van der Waals surface area contributed by atoms with Crippen molar-refractivity contribution in [3.8, 4) is 5.75 Å². The second kappa shape index (κ2) is 14.3. The normalized spacial score (nSPS) is 12.2. The van der Waals surface area contributed by atoms with Crippen molar-refractivity contribution in [1.29, 1.82) is 0 Å². The van der Waals surface area contributed by atoms with Crippen LogP contribution >= 0.6 is 0 Å². The smallest absolute Gasteiger partial charge is 0.296 e. The van der Waals surface area contributed by atoms with Gasteiger partial charge < -0.3 is 33.8 Å². The summed E-state index contributed by atoms with van der Waals surface area (Å²) in [6.07, 6.45) is 0. The summed E-state index contributed by atoms with van der Waals surface area (Å²) in [4.78, 5) is -0.613. The molecule has 17 nitrogen and oxygen atoms in total. The summed E-state index contributed by atoms with van der Waals surface area (Å²) < 4.78 is 34.7. The Morgan fingerprint density at radius 2 is 0.885 bits per heavy atom. The van der Waals surface area contributed by atoms with Gasteiger partial charge in [0.25, 0.3) is 10.1 Å².